The van der Waals surface area contributed by atoms with Crippen LogP contribution in [0.2, 0.25) is 0 Å². The van der Waals surface area contributed by atoms with E-state index in [4.69, 9.17) is 0 Å². The van der Waals surface area contributed by atoms with E-state index in [9.17, 15) is 10.1 Å². The number of benzene rings is 1. The number of rotatable bonds is 4. The molecule has 0 aliphatic carbocycles. The zero-order chi connectivity index (χ0) is 13.9. The molecule has 0 saturated heterocycles. The minimum atomic E-state index is -0.394. The van der Waals surface area contributed by atoms with Gasteiger partial charge in [0.05, 0.1) is 22.5 Å². The highest BCUT2D eigenvalue weighted by Gasteiger charge is 2.14. The second-order valence-corrected chi connectivity index (χ2v) is 5.05. The first-order valence-electron chi connectivity index (χ1n) is 5.90. The van der Waals surface area contributed by atoms with Gasteiger partial charge in [0, 0.05) is 23.8 Å². The molecular weight excluding hydrogens is 276 g/mol. The number of non-ortho nitro benzene ring substituents is 1. The van der Waals surface area contributed by atoms with Crippen molar-refractivity contribution in [1.29, 1.82) is 0 Å². The Labute approximate surface area is 118 Å². The Morgan fingerprint density at radius 2 is 2.15 bits per heavy atom. The van der Waals surface area contributed by atoms with Crippen LogP contribution in [0.1, 0.15) is 5.01 Å². The third kappa shape index (κ3) is 2.30. The van der Waals surface area contributed by atoms with Crippen molar-refractivity contribution in [2.45, 2.75) is 6.54 Å². The van der Waals surface area contributed by atoms with Gasteiger partial charge in [-0.2, -0.15) is 0 Å². The summed E-state index contributed by atoms with van der Waals surface area (Å²) >= 11 is 1.55. The molecule has 0 unspecified atom stereocenters. The SMILES string of the molecule is O=[N+]([O-])c1ccc(NCc2nccs2)c2ncccc12. The van der Waals surface area contributed by atoms with Crippen LogP contribution in [-0.4, -0.2) is 14.9 Å². The van der Waals surface area contributed by atoms with E-state index >= 15 is 0 Å². The molecule has 2 aromatic heterocycles. The Hall–Kier alpha value is -2.54. The van der Waals surface area contributed by atoms with Gasteiger partial charge < -0.3 is 5.32 Å². The lowest BCUT2D eigenvalue weighted by atomic mass is 10.1. The van der Waals surface area contributed by atoms with Crippen molar-refractivity contribution in [2.75, 3.05) is 5.32 Å². The second kappa shape index (κ2) is 5.22. The Kier molecular flexibility index (Phi) is 3.26. The van der Waals surface area contributed by atoms with E-state index in [0.29, 0.717) is 17.4 Å². The predicted molar refractivity (Wildman–Crippen MR) is 77.8 cm³/mol. The number of anilines is 1. The highest BCUT2D eigenvalue weighted by molar-refractivity contribution is 7.09. The Morgan fingerprint density at radius 1 is 1.25 bits per heavy atom. The summed E-state index contributed by atoms with van der Waals surface area (Å²) in [4.78, 5) is 19.1. The summed E-state index contributed by atoms with van der Waals surface area (Å²) in [6, 6.07) is 6.57. The molecule has 0 atom stereocenters. The molecule has 7 heteroatoms. The normalized spacial score (nSPS) is 10.6. The quantitative estimate of drug-likeness (QED) is 0.588. The van der Waals surface area contributed by atoms with Crippen molar-refractivity contribution in [3.8, 4) is 0 Å². The molecule has 0 saturated carbocycles. The molecule has 3 rings (SSSR count). The maximum absolute atomic E-state index is 11.0. The van der Waals surface area contributed by atoms with Crippen LogP contribution in [0.25, 0.3) is 10.9 Å². The van der Waals surface area contributed by atoms with Gasteiger partial charge in [-0.15, -0.1) is 11.3 Å². The number of aromatic nitrogens is 2. The largest absolute Gasteiger partial charge is 0.377 e. The Balaban J connectivity index is 1.99. The van der Waals surface area contributed by atoms with Crippen LogP contribution in [0.15, 0.2) is 42.0 Å². The Morgan fingerprint density at radius 3 is 2.90 bits per heavy atom. The molecule has 0 amide bonds. The van der Waals surface area contributed by atoms with Crippen LogP contribution in [0.3, 0.4) is 0 Å². The lowest BCUT2D eigenvalue weighted by molar-refractivity contribution is -0.383. The van der Waals surface area contributed by atoms with E-state index in [1.807, 2.05) is 5.38 Å². The number of thiazole rings is 1. The Bertz CT molecular complexity index is 758. The molecule has 0 bridgehead atoms. The number of nitrogens with zero attached hydrogens (tertiary/aromatic N) is 3. The van der Waals surface area contributed by atoms with Crippen LogP contribution >= 0.6 is 11.3 Å². The number of pyridine rings is 1. The van der Waals surface area contributed by atoms with E-state index in [-0.39, 0.29) is 5.69 Å². The number of hydrogen-bond acceptors (Lipinski definition) is 6. The molecule has 1 N–H and O–H groups in total. The molecule has 0 fully saturated rings. The topological polar surface area (TPSA) is 81.0 Å². The van der Waals surface area contributed by atoms with E-state index in [1.54, 1.807) is 41.9 Å². The molecule has 100 valence electrons. The summed E-state index contributed by atoms with van der Waals surface area (Å²) in [6.45, 7) is 0.571. The number of hydrogen-bond donors (Lipinski definition) is 1. The van der Waals surface area contributed by atoms with E-state index in [2.05, 4.69) is 15.3 Å². The summed E-state index contributed by atoms with van der Waals surface area (Å²) < 4.78 is 0. The van der Waals surface area contributed by atoms with Gasteiger partial charge in [-0.25, -0.2) is 4.98 Å². The summed E-state index contributed by atoms with van der Waals surface area (Å²) in [5.74, 6) is 0. The molecule has 1 aromatic carbocycles. The van der Waals surface area contributed by atoms with E-state index in [0.717, 1.165) is 10.7 Å². The number of nitro benzene ring substituents is 1. The molecule has 0 aliphatic heterocycles. The van der Waals surface area contributed by atoms with Crippen molar-refractivity contribution in [2.24, 2.45) is 0 Å². The van der Waals surface area contributed by atoms with Crippen molar-refractivity contribution >= 4 is 33.6 Å². The maximum Gasteiger partial charge on any atom is 0.278 e. The highest BCUT2D eigenvalue weighted by atomic mass is 32.1. The smallest absolute Gasteiger partial charge is 0.278 e. The van der Waals surface area contributed by atoms with Crippen LogP contribution in [-0.2, 0) is 6.54 Å². The van der Waals surface area contributed by atoms with Crippen LogP contribution in [0, 0.1) is 10.1 Å². The fourth-order valence-electron chi connectivity index (χ4n) is 1.97. The first-order chi connectivity index (χ1) is 9.75. The number of fused-ring (bicyclic) bond motifs is 1. The van der Waals surface area contributed by atoms with Gasteiger partial charge in [0.15, 0.2) is 0 Å². The summed E-state index contributed by atoms with van der Waals surface area (Å²) in [7, 11) is 0. The van der Waals surface area contributed by atoms with Crippen molar-refractivity contribution in [1.82, 2.24) is 9.97 Å². The van der Waals surface area contributed by atoms with Crippen molar-refractivity contribution in [3.05, 3.63) is 57.2 Å². The fraction of sp³-hybridized carbons (Fsp3) is 0.0769. The molecule has 0 spiro atoms. The first kappa shape index (κ1) is 12.5. The minimum absolute atomic E-state index is 0.0629. The van der Waals surface area contributed by atoms with Crippen LogP contribution < -0.4 is 5.32 Å². The molecule has 0 radical (unpaired) electrons. The van der Waals surface area contributed by atoms with Gasteiger partial charge in [0.25, 0.3) is 5.69 Å². The molecule has 0 aliphatic rings. The van der Waals surface area contributed by atoms with Gasteiger partial charge in [-0.1, -0.05) is 0 Å². The van der Waals surface area contributed by atoms with Crippen molar-refractivity contribution in [3.63, 3.8) is 0 Å². The minimum Gasteiger partial charge on any atom is -0.377 e. The summed E-state index contributed by atoms with van der Waals surface area (Å²) in [6.07, 6.45) is 3.37. The molecule has 2 heterocycles. The van der Waals surface area contributed by atoms with Gasteiger partial charge in [-0.3, -0.25) is 15.1 Å². The van der Waals surface area contributed by atoms with E-state index in [1.165, 1.54) is 6.07 Å². The zero-order valence-electron chi connectivity index (χ0n) is 10.3. The standard InChI is InChI=1S/C13H10N4O2S/c18-17(19)11-4-3-10(13-9(11)2-1-5-15-13)16-8-12-14-6-7-20-12/h1-7,16H,8H2. The molecule has 20 heavy (non-hydrogen) atoms. The average Bonchev–Trinajstić information content (AvgIpc) is 2.97. The second-order valence-electron chi connectivity index (χ2n) is 4.07. The lowest BCUT2D eigenvalue weighted by Gasteiger charge is -2.07. The third-order valence-corrected chi connectivity index (χ3v) is 3.64. The first-order valence-corrected chi connectivity index (χ1v) is 6.78. The van der Waals surface area contributed by atoms with Gasteiger partial charge in [-0.05, 0) is 18.2 Å². The van der Waals surface area contributed by atoms with Gasteiger partial charge in [0.2, 0.25) is 0 Å². The van der Waals surface area contributed by atoms with Crippen LogP contribution in [0.4, 0.5) is 11.4 Å². The lowest BCUT2D eigenvalue weighted by Crippen LogP contribution is -2.01. The average molecular weight is 286 g/mol. The van der Waals surface area contributed by atoms with Gasteiger partial charge in [0.1, 0.15) is 10.5 Å². The predicted octanol–water partition coefficient (Wildman–Crippen LogP) is 3.21. The van der Waals surface area contributed by atoms with Crippen molar-refractivity contribution < 1.29 is 4.92 Å². The van der Waals surface area contributed by atoms with Crippen LogP contribution in [0.5, 0.6) is 0 Å². The number of nitro groups is 1. The van der Waals surface area contributed by atoms with Gasteiger partial charge >= 0.3 is 0 Å². The summed E-state index contributed by atoms with van der Waals surface area (Å²) in [5.41, 5.74) is 1.42. The fourth-order valence-corrected chi connectivity index (χ4v) is 2.53. The number of nitrogens with one attached hydrogen (secondary N) is 1. The highest BCUT2D eigenvalue weighted by Crippen LogP contribution is 2.29. The summed E-state index contributed by atoms with van der Waals surface area (Å²) in [5, 5.41) is 17.6. The van der Waals surface area contributed by atoms with E-state index < -0.39 is 4.92 Å². The monoisotopic (exact) mass is 286 g/mol. The third-order valence-electron chi connectivity index (χ3n) is 2.86. The maximum atomic E-state index is 11.0. The molecule has 3 aromatic rings. The molecular formula is C13H10N4O2S. The molecule has 6 nitrogen and oxygen atoms in total. The zero-order valence-corrected chi connectivity index (χ0v) is 11.1.